The van der Waals surface area contributed by atoms with Gasteiger partial charge in [-0.3, -0.25) is 9.59 Å². The number of halogens is 2. The smallest absolute Gasteiger partial charge is 0.257 e. The van der Waals surface area contributed by atoms with E-state index in [0.717, 1.165) is 0 Å². The predicted octanol–water partition coefficient (Wildman–Crippen LogP) is 3.94. The molecule has 0 bridgehead atoms. The van der Waals surface area contributed by atoms with Crippen LogP contribution in [-0.4, -0.2) is 10.5 Å². The molecule has 0 unspecified atom stereocenters. The molecule has 126 valence electrons. The van der Waals surface area contributed by atoms with Crippen LogP contribution in [-0.2, 0) is 6.54 Å². The molecule has 0 aliphatic heterocycles. The lowest BCUT2D eigenvalue weighted by molar-refractivity contribution is 0.102. The maximum Gasteiger partial charge on any atom is 0.257 e. The zero-order chi connectivity index (χ0) is 17.8. The summed E-state index contributed by atoms with van der Waals surface area (Å²) in [6.07, 6.45) is 1.39. The van der Waals surface area contributed by atoms with Crippen LogP contribution in [0.5, 0.6) is 0 Å². The second kappa shape index (κ2) is 7.32. The average molecular weight is 357 g/mol. The van der Waals surface area contributed by atoms with Gasteiger partial charge in [-0.2, -0.15) is 0 Å². The Bertz CT molecular complexity index is 950. The zero-order valence-corrected chi connectivity index (χ0v) is 13.8. The van der Waals surface area contributed by atoms with E-state index in [9.17, 15) is 14.0 Å². The molecule has 0 aliphatic carbocycles. The third-order valence-corrected chi connectivity index (χ3v) is 4.02. The highest BCUT2D eigenvalue weighted by Gasteiger charge is 2.12. The Kier molecular flexibility index (Phi) is 4.95. The molecule has 3 rings (SSSR count). The van der Waals surface area contributed by atoms with Gasteiger partial charge >= 0.3 is 0 Å². The van der Waals surface area contributed by atoms with E-state index in [1.807, 2.05) is 6.07 Å². The predicted molar refractivity (Wildman–Crippen MR) is 95.6 cm³/mol. The summed E-state index contributed by atoms with van der Waals surface area (Å²) in [5.41, 5.74) is 0.778. The minimum atomic E-state index is -0.501. The second-order valence-electron chi connectivity index (χ2n) is 5.40. The number of para-hydroxylation sites is 1. The van der Waals surface area contributed by atoms with Crippen molar-refractivity contribution in [1.29, 1.82) is 0 Å². The van der Waals surface area contributed by atoms with Gasteiger partial charge in [-0.15, -0.1) is 0 Å². The van der Waals surface area contributed by atoms with E-state index in [4.69, 9.17) is 11.6 Å². The standard InChI is InChI=1S/C19H14ClFN2O2/c20-16-7-4-8-17(21)15(16)12-23-11-13(9-10-18(23)24)19(25)22-14-5-2-1-3-6-14/h1-11H,12H2,(H,22,25). The Morgan fingerprint density at radius 2 is 1.80 bits per heavy atom. The van der Waals surface area contributed by atoms with Crippen molar-refractivity contribution in [2.75, 3.05) is 5.32 Å². The molecule has 1 heterocycles. The summed E-state index contributed by atoms with van der Waals surface area (Å²) in [5.74, 6) is -0.863. The quantitative estimate of drug-likeness (QED) is 0.769. The Labute approximate surface area is 148 Å². The molecule has 25 heavy (non-hydrogen) atoms. The Balaban J connectivity index is 1.88. The number of nitrogens with zero attached hydrogens (tertiary/aromatic N) is 1. The third kappa shape index (κ3) is 3.95. The number of amides is 1. The van der Waals surface area contributed by atoms with Gasteiger partial charge in [-0.25, -0.2) is 4.39 Å². The Hall–Kier alpha value is -2.92. The average Bonchev–Trinajstić information content (AvgIpc) is 2.60. The molecule has 0 radical (unpaired) electrons. The third-order valence-electron chi connectivity index (χ3n) is 3.67. The summed E-state index contributed by atoms with van der Waals surface area (Å²) in [5, 5.41) is 2.96. The minimum Gasteiger partial charge on any atom is -0.322 e. The van der Waals surface area contributed by atoms with E-state index in [0.29, 0.717) is 5.69 Å². The first-order valence-corrected chi connectivity index (χ1v) is 7.92. The molecule has 0 aliphatic rings. The number of hydrogen-bond donors (Lipinski definition) is 1. The normalized spacial score (nSPS) is 10.5. The topological polar surface area (TPSA) is 51.1 Å². The number of pyridine rings is 1. The highest BCUT2D eigenvalue weighted by molar-refractivity contribution is 6.31. The van der Waals surface area contributed by atoms with Crippen LogP contribution in [0.25, 0.3) is 0 Å². The van der Waals surface area contributed by atoms with E-state index in [-0.39, 0.29) is 34.2 Å². The molecule has 0 saturated carbocycles. The van der Waals surface area contributed by atoms with E-state index in [1.165, 1.54) is 35.0 Å². The van der Waals surface area contributed by atoms with Gasteiger partial charge in [0.2, 0.25) is 0 Å². The zero-order valence-electron chi connectivity index (χ0n) is 13.1. The largest absolute Gasteiger partial charge is 0.322 e. The van der Waals surface area contributed by atoms with Crippen molar-refractivity contribution in [1.82, 2.24) is 4.57 Å². The van der Waals surface area contributed by atoms with Gasteiger partial charge in [0.05, 0.1) is 12.1 Å². The molecule has 1 N–H and O–H groups in total. The maximum atomic E-state index is 13.9. The van der Waals surface area contributed by atoms with Gasteiger partial charge in [0.25, 0.3) is 11.5 Å². The highest BCUT2D eigenvalue weighted by Crippen LogP contribution is 2.19. The van der Waals surface area contributed by atoms with Crippen LogP contribution in [0.3, 0.4) is 0 Å². The number of aromatic nitrogens is 1. The fraction of sp³-hybridized carbons (Fsp3) is 0.0526. The summed E-state index contributed by atoms with van der Waals surface area (Å²) in [6, 6.07) is 16.0. The van der Waals surface area contributed by atoms with Crippen LogP contribution in [0, 0.1) is 5.82 Å². The summed E-state index contributed by atoms with van der Waals surface area (Å²) >= 11 is 6.01. The highest BCUT2D eigenvalue weighted by atomic mass is 35.5. The molecular formula is C19H14ClFN2O2. The maximum absolute atomic E-state index is 13.9. The summed E-state index contributed by atoms with van der Waals surface area (Å²) in [4.78, 5) is 24.4. The molecule has 6 heteroatoms. The Morgan fingerprint density at radius 1 is 1.04 bits per heavy atom. The van der Waals surface area contributed by atoms with Crippen molar-refractivity contribution < 1.29 is 9.18 Å². The number of rotatable bonds is 4. The SMILES string of the molecule is O=C(Nc1ccccc1)c1ccc(=O)n(Cc2c(F)cccc2Cl)c1. The fourth-order valence-corrected chi connectivity index (χ4v) is 2.59. The van der Waals surface area contributed by atoms with E-state index in [1.54, 1.807) is 30.3 Å². The molecule has 2 aromatic carbocycles. The van der Waals surface area contributed by atoms with Crippen molar-refractivity contribution in [2.45, 2.75) is 6.54 Å². The lowest BCUT2D eigenvalue weighted by Gasteiger charge is -2.11. The number of carbonyl (C=O) groups excluding carboxylic acids is 1. The molecule has 1 amide bonds. The van der Waals surface area contributed by atoms with Gasteiger partial charge in [0, 0.05) is 28.5 Å². The summed E-state index contributed by atoms with van der Waals surface area (Å²) in [6.45, 7) is -0.0587. The van der Waals surface area contributed by atoms with Crippen LogP contribution in [0.4, 0.5) is 10.1 Å². The first-order chi connectivity index (χ1) is 12.0. The summed E-state index contributed by atoms with van der Waals surface area (Å²) in [7, 11) is 0. The minimum absolute atomic E-state index is 0.0587. The van der Waals surface area contributed by atoms with Crippen molar-refractivity contribution >= 4 is 23.2 Å². The van der Waals surface area contributed by atoms with Gasteiger partial charge in [0.15, 0.2) is 0 Å². The molecular weight excluding hydrogens is 343 g/mol. The number of anilines is 1. The van der Waals surface area contributed by atoms with Gasteiger partial charge in [-0.05, 0) is 30.3 Å². The van der Waals surface area contributed by atoms with E-state index < -0.39 is 5.82 Å². The van der Waals surface area contributed by atoms with Crippen molar-refractivity contribution in [3.63, 3.8) is 0 Å². The first-order valence-electron chi connectivity index (χ1n) is 7.54. The second-order valence-corrected chi connectivity index (χ2v) is 5.81. The lowest BCUT2D eigenvalue weighted by Crippen LogP contribution is -2.23. The van der Waals surface area contributed by atoms with Crippen LogP contribution < -0.4 is 10.9 Å². The molecule has 0 atom stereocenters. The van der Waals surface area contributed by atoms with Crippen LogP contribution in [0.2, 0.25) is 5.02 Å². The molecule has 3 aromatic rings. The fourth-order valence-electron chi connectivity index (χ4n) is 2.37. The molecule has 1 aromatic heterocycles. The number of carbonyl (C=O) groups is 1. The van der Waals surface area contributed by atoms with Crippen molar-refractivity contribution in [3.05, 3.63) is 99.2 Å². The van der Waals surface area contributed by atoms with Gasteiger partial charge in [-0.1, -0.05) is 35.9 Å². The monoisotopic (exact) mass is 356 g/mol. The first kappa shape index (κ1) is 16.9. The Morgan fingerprint density at radius 3 is 2.52 bits per heavy atom. The molecule has 4 nitrogen and oxygen atoms in total. The van der Waals surface area contributed by atoms with Crippen LogP contribution in [0.15, 0.2) is 71.7 Å². The number of hydrogen-bond acceptors (Lipinski definition) is 2. The molecule has 0 spiro atoms. The number of nitrogens with one attached hydrogen (secondary N) is 1. The summed E-state index contributed by atoms with van der Waals surface area (Å²) < 4.78 is 15.2. The van der Waals surface area contributed by atoms with E-state index >= 15 is 0 Å². The molecule has 0 saturated heterocycles. The van der Waals surface area contributed by atoms with Gasteiger partial charge < -0.3 is 9.88 Å². The number of benzene rings is 2. The lowest BCUT2D eigenvalue weighted by atomic mass is 10.2. The van der Waals surface area contributed by atoms with Crippen molar-refractivity contribution in [2.24, 2.45) is 0 Å². The van der Waals surface area contributed by atoms with Crippen LogP contribution >= 0.6 is 11.6 Å². The van der Waals surface area contributed by atoms with Gasteiger partial charge in [0.1, 0.15) is 5.82 Å². The van der Waals surface area contributed by atoms with Crippen LogP contribution in [0.1, 0.15) is 15.9 Å². The molecule has 0 fully saturated rings. The van der Waals surface area contributed by atoms with Crippen molar-refractivity contribution in [3.8, 4) is 0 Å². The van der Waals surface area contributed by atoms with E-state index in [2.05, 4.69) is 5.32 Å².